The first-order chi connectivity index (χ1) is 28.3. The van der Waals surface area contributed by atoms with Crippen LogP contribution in [-0.2, 0) is 13.1 Å². The summed E-state index contributed by atoms with van der Waals surface area (Å²) in [7, 11) is 0. The van der Waals surface area contributed by atoms with Gasteiger partial charge in [-0.3, -0.25) is 19.2 Å². The van der Waals surface area contributed by atoms with Crippen molar-refractivity contribution in [1.82, 2.24) is 10.2 Å². The van der Waals surface area contributed by atoms with E-state index in [4.69, 9.17) is 11.6 Å². The van der Waals surface area contributed by atoms with Crippen LogP contribution < -0.4 is 26.2 Å². The molecule has 1 atom stereocenters. The van der Waals surface area contributed by atoms with Gasteiger partial charge in [0, 0.05) is 42.6 Å². The van der Waals surface area contributed by atoms with Gasteiger partial charge in [0.2, 0.25) is 0 Å². The van der Waals surface area contributed by atoms with Gasteiger partial charge in [0.1, 0.15) is 0 Å². The molecule has 0 spiro atoms. The van der Waals surface area contributed by atoms with Crippen molar-refractivity contribution in [2.24, 2.45) is 0 Å². The lowest BCUT2D eigenvalue weighted by Crippen LogP contribution is -2.46. The van der Waals surface area contributed by atoms with E-state index >= 15 is 0 Å². The Bertz CT molecular complexity index is 2510. The SMILES string of the molecule is CCCNc1ccc(N2Cc3cccc(NC(=O)c4ccc(Cl)s4)c3C2=O)cc1.O=C(Nc1cccc2c1C(=O)N(C1CCCNC1)C2)c1cccc2ccccc12. The fraction of sp³-hybridized carbons (Fsp3) is 0.217. The molecule has 10 nitrogen and oxygen atoms in total. The summed E-state index contributed by atoms with van der Waals surface area (Å²) in [5.41, 5.74) is 6.63. The summed E-state index contributed by atoms with van der Waals surface area (Å²) in [6.45, 7) is 5.95. The van der Waals surface area contributed by atoms with Gasteiger partial charge in [-0.25, -0.2) is 0 Å². The smallest absolute Gasteiger partial charge is 0.265 e. The van der Waals surface area contributed by atoms with Crippen LogP contribution in [0.4, 0.5) is 22.7 Å². The van der Waals surface area contributed by atoms with Crippen molar-refractivity contribution in [3.8, 4) is 0 Å². The van der Waals surface area contributed by atoms with Crippen LogP contribution in [0.25, 0.3) is 10.8 Å². The third-order valence-electron chi connectivity index (χ3n) is 10.7. The van der Waals surface area contributed by atoms with Crippen LogP contribution in [0.1, 0.15) is 78.1 Å². The van der Waals surface area contributed by atoms with Crippen molar-refractivity contribution in [2.45, 2.75) is 45.3 Å². The van der Waals surface area contributed by atoms with Gasteiger partial charge in [-0.15, -0.1) is 11.3 Å². The number of nitrogens with zero attached hydrogens (tertiary/aromatic N) is 2. The zero-order valence-electron chi connectivity index (χ0n) is 32.0. The molecule has 3 aliphatic rings. The molecule has 3 aliphatic heterocycles. The number of nitrogens with one attached hydrogen (secondary N) is 4. The van der Waals surface area contributed by atoms with Crippen LogP contribution in [0.5, 0.6) is 0 Å². The predicted octanol–water partition coefficient (Wildman–Crippen LogP) is 9.44. The van der Waals surface area contributed by atoms with Gasteiger partial charge in [-0.05, 0) is 102 Å². The number of rotatable bonds is 9. The monoisotopic (exact) mass is 810 g/mol. The number of fused-ring (bicyclic) bond motifs is 3. The summed E-state index contributed by atoms with van der Waals surface area (Å²) in [5.74, 6) is -0.564. The predicted molar refractivity (Wildman–Crippen MR) is 234 cm³/mol. The zero-order valence-corrected chi connectivity index (χ0v) is 33.6. The van der Waals surface area contributed by atoms with Crippen molar-refractivity contribution in [3.63, 3.8) is 0 Å². The molecule has 1 fully saturated rings. The first kappa shape index (κ1) is 38.8. The fourth-order valence-electron chi connectivity index (χ4n) is 7.82. The van der Waals surface area contributed by atoms with Crippen LogP contribution in [0.2, 0.25) is 4.34 Å². The van der Waals surface area contributed by atoms with E-state index in [0.29, 0.717) is 50.4 Å². The van der Waals surface area contributed by atoms with Gasteiger partial charge >= 0.3 is 0 Å². The van der Waals surface area contributed by atoms with E-state index in [2.05, 4.69) is 28.2 Å². The van der Waals surface area contributed by atoms with E-state index in [1.165, 1.54) is 11.3 Å². The summed E-state index contributed by atoms with van der Waals surface area (Å²) in [6.07, 6.45) is 3.15. The Morgan fingerprint density at radius 3 is 2.17 bits per heavy atom. The summed E-state index contributed by atoms with van der Waals surface area (Å²) in [5, 5.41) is 14.5. The largest absolute Gasteiger partial charge is 0.385 e. The Hall–Kier alpha value is -6.01. The second-order valence-corrected chi connectivity index (χ2v) is 16.2. The van der Waals surface area contributed by atoms with Gasteiger partial charge in [0.15, 0.2) is 0 Å². The molecule has 0 radical (unpaired) electrons. The van der Waals surface area contributed by atoms with E-state index < -0.39 is 0 Å². The topological polar surface area (TPSA) is 123 Å². The standard InChI is InChI=1S/C24H23N3O2.C22H20ClN3O2S/c28-23(20-11-3-7-16-6-1-2-10-19(16)20)26-21-12-4-8-17-15-27(24(29)22(17)21)18-9-5-13-25-14-18;1-2-12-24-15-6-8-16(9-7-15)26-13-14-4-3-5-17(20(14)22(26)28)25-21(27)18-10-11-19(23)29-18/h1-4,6-8,10-12,18,25H,5,9,13-15H2,(H,26,28);3-11,24H,2,12-13H2,1H3,(H,25,27). The summed E-state index contributed by atoms with van der Waals surface area (Å²) in [4.78, 5) is 56.1. The van der Waals surface area contributed by atoms with Crippen molar-refractivity contribution < 1.29 is 19.2 Å². The Morgan fingerprint density at radius 1 is 0.776 bits per heavy atom. The van der Waals surface area contributed by atoms with Crippen molar-refractivity contribution in [3.05, 3.63) is 152 Å². The fourth-order valence-corrected chi connectivity index (χ4v) is 8.76. The van der Waals surface area contributed by atoms with E-state index in [0.717, 1.165) is 72.2 Å². The van der Waals surface area contributed by atoms with E-state index in [9.17, 15) is 19.2 Å². The number of carbonyl (C=O) groups excluding carboxylic acids is 4. The highest BCUT2D eigenvalue weighted by molar-refractivity contribution is 7.18. The lowest BCUT2D eigenvalue weighted by Gasteiger charge is -2.31. The maximum Gasteiger partial charge on any atom is 0.265 e. The van der Waals surface area contributed by atoms with Crippen LogP contribution in [0.3, 0.4) is 0 Å². The molecule has 12 heteroatoms. The Kier molecular flexibility index (Phi) is 11.5. The lowest BCUT2D eigenvalue weighted by molar-refractivity contribution is 0.0675. The third-order valence-corrected chi connectivity index (χ3v) is 11.9. The highest BCUT2D eigenvalue weighted by Crippen LogP contribution is 2.35. The number of anilines is 4. The molecule has 0 saturated carbocycles. The minimum atomic E-state index is -0.270. The average molecular weight is 811 g/mol. The molecule has 4 amide bonds. The van der Waals surface area contributed by atoms with Crippen LogP contribution in [-0.4, -0.2) is 54.2 Å². The van der Waals surface area contributed by atoms with Crippen LogP contribution in [0, 0.1) is 0 Å². The summed E-state index contributed by atoms with van der Waals surface area (Å²) >= 11 is 7.13. The second kappa shape index (κ2) is 17.2. The molecule has 58 heavy (non-hydrogen) atoms. The quantitative estimate of drug-likeness (QED) is 0.115. The molecule has 5 aromatic carbocycles. The molecular formula is C46H43ClN6O4S. The maximum atomic E-state index is 13.2. The van der Waals surface area contributed by atoms with Crippen molar-refractivity contribution in [1.29, 1.82) is 0 Å². The average Bonchev–Trinajstić information content (AvgIpc) is 3.95. The molecule has 4 N–H and O–H groups in total. The number of carbonyl (C=O) groups is 4. The zero-order chi connectivity index (χ0) is 40.2. The number of amides is 4. The van der Waals surface area contributed by atoms with Gasteiger partial charge in [-0.1, -0.05) is 79.2 Å². The Balaban J connectivity index is 0.000000162. The van der Waals surface area contributed by atoms with E-state index in [-0.39, 0.29) is 29.7 Å². The first-order valence-electron chi connectivity index (χ1n) is 19.6. The highest BCUT2D eigenvalue weighted by atomic mass is 35.5. The first-order valence-corrected chi connectivity index (χ1v) is 20.8. The molecular weight excluding hydrogens is 768 g/mol. The number of piperidine rings is 1. The maximum absolute atomic E-state index is 13.2. The van der Waals surface area contributed by atoms with Crippen LogP contribution >= 0.6 is 22.9 Å². The number of hydrogen-bond acceptors (Lipinski definition) is 7. The molecule has 6 aromatic rings. The molecule has 1 aromatic heterocycles. The van der Waals surface area contributed by atoms with Gasteiger partial charge < -0.3 is 31.1 Å². The Labute approximate surface area is 346 Å². The summed E-state index contributed by atoms with van der Waals surface area (Å²) < 4.78 is 0.549. The van der Waals surface area contributed by atoms with Crippen molar-refractivity contribution >= 4 is 80.1 Å². The summed E-state index contributed by atoms with van der Waals surface area (Å²) in [6, 6.07) is 36.2. The highest BCUT2D eigenvalue weighted by Gasteiger charge is 2.36. The molecule has 0 bridgehead atoms. The van der Waals surface area contributed by atoms with E-state index in [1.54, 1.807) is 23.1 Å². The minimum Gasteiger partial charge on any atom is -0.385 e. The molecule has 294 valence electrons. The van der Waals surface area contributed by atoms with Gasteiger partial charge in [-0.2, -0.15) is 0 Å². The molecule has 1 unspecified atom stereocenters. The van der Waals surface area contributed by atoms with Crippen molar-refractivity contribution in [2.75, 3.05) is 40.5 Å². The Morgan fingerprint density at radius 2 is 1.47 bits per heavy atom. The normalized spacial score (nSPS) is 15.7. The van der Waals surface area contributed by atoms with Gasteiger partial charge in [0.05, 0.1) is 38.3 Å². The molecule has 9 rings (SSSR count). The number of benzene rings is 5. The second-order valence-electron chi connectivity index (χ2n) is 14.5. The number of hydrogen-bond donors (Lipinski definition) is 4. The minimum absolute atomic E-state index is 0.0162. The molecule has 4 heterocycles. The van der Waals surface area contributed by atoms with Crippen LogP contribution in [0.15, 0.2) is 115 Å². The number of thiophene rings is 1. The third kappa shape index (κ3) is 8.06. The molecule has 0 aliphatic carbocycles. The molecule has 1 saturated heterocycles. The number of halogens is 1. The van der Waals surface area contributed by atoms with Gasteiger partial charge in [0.25, 0.3) is 23.6 Å². The lowest BCUT2D eigenvalue weighted by atomic mass is 10.0. The van der Waals surface area contributed by atoms with E-state index in [1.807, 2.05) is 102 Å².